The van der Waals surface area contributed by atoms with Crippen LogP contribution in [0.15, 0.2) is 21.7 Å². The van der Waals surface area contributed by atoms with Gasteiger partial charge in [-0.05, 0) is 24.6 Å². The molecule has 14 heavy (non-hydrogen) atoms. The number of furan rings is 1. The predicted molar refractivity (Wildman–Crippen MR) is 49.6 cm³/mol. The quantitative estimate of drug-likeness (QED) is 0.450. The van der Waals surface area contributed by atoms with E-state index in [9.17, 15) is 4.79 Å². The summed E-state index contributed by atoms with van der Waals surface area (Å²) in [5.74, 6) is 0.443. The summed E-state index contributed by atoms with van der Waals surface area (Å²) >= 11 is 0. The number of rotatable bonds is 4. The third-order valence-corrected chi connectivity index (χ3v) is 1.51. The van der Waals surface area contributed by atoms with Crippen LogP contribution in [-0.2, 0) is 6.54 Å². The molecule has 0 aliphatic heterocycles. The molecule has 0 radical (unpaired) electrons. The molecular formula is C8H10N4O2. The average Bonchev–Trinajstić information content (AvgIpc) is 2.63. The van der Waals surface area contributed by atoms with E-state index in [1.165, 1.54) is 0 Å². The summed E-state index contributed by atoms with van der Waals surface area (Å²) in [4.78, 5) is 13.8. The van der Waals surface area contributed by atoms with E-state index in [-0.39, 0.29) is 18.2 Å². The Morgan fingerprint density at radius 1 is 1.71 bits per heavy atom. The van der Waals surface area contributed by atoms with Crippen LogP contribution in [0.1, 0.15) is 23.2 Å². The van der Waals surface area contributed by atoms with Crippen molar-refractivity contribution in [1.29, 1.82) is 0 Å². The average molecular weight is 194 g/mol. The first kappa shape index (κ1) is 10.1. The zero-order valence-corrected chi connectivity index (χ0v) is 7.73. The third kappa shape index (κ3) is 2.53. The maximum Gasteiger partial charge on any atom is 0.286 e. The van der Waals surface area contributed by atoms with Crippen LogP contribution in [0.3, 0.4) is 0 Å². The molecule has 1 aromatic heterocycles. The summed E-state index contributed by atoms with van der Waals surface area (Å²) in [5.41, 5.74) is 8.07. The SMILES string of the molecule is CCNC(=O)c1ccc(CN=[N+]=[N-])o1. The van der Waals surface area contributed by atoms with Crippen LogP contribution in [0.25, 0.3) is 10.4 Å². The summed E-state index contributed by atoms with van der Waals surface area (Å²) in [6.07, 6.45) is 0. The predicted octanol–water partition coefficient (Wildman–Crippen LogP) is 1.84. The van der Waals surface area contributed by atoms with E-state index in [4.69, 9.17) is 9.95 Å². The molecule has 0 unspecified atom stereocenters. The summed E-state index contributed by atoms with van der Waals surface area (Å²) in [5, 5.41) is 5.91. The molecule has 0 saturated heterocycles. The minimum absolute atomic E-state index is 0.121. The highest BCUT2D eigenvalue weighted by atomic mass is 16.4. The van der Waals surface area contributed by atoms with Crippen LogP contribution < -0.4 is 5.32 Å². The Hall–Kier alpha value is -1.94. The Bertz CT molecular complexity index is 365. The van der Waals surface area contributed by atoms with E-state index in [0.29, 0.717) is 12.3 Å². The van der Waals surface area contributed by atoms with Gasteiger partial charge in [0, 0.05) is 11.5 Å². The molecule has 0 saturated carbocycles. The van der Waals surface area contributed by atoms with E-state index in [0.717, 1.165) is 0 Å². The smallest absolute Gasteiger partial charge is 0.286 e. The molecule has 6 heteroatoms. The molecular weight excluding hydrogens is 184 g/mol. The number of carbonyl (C=O) groups excluding carboxylic acids is 1. The molecule has 1 amide bonds. The molecule has 0 bridgehead atoms. The number of nitrogens with one attached hydrogen (secondary N) is 1. The lowest BCUT2D eigenvalue weighted by Gasteiger charge is -1.96. The highest BCUT2D eigenvalue weighted by Gasteiger charge is 2.08. The van der Waals surface area contributed by atoms with Gasteiger partial charge in [-0.25, -0.2) is 0 Å². The van der Waals surface area contributed by atoms with Crippen LogP contribution in [0.2, 0.25) is 0 Å². The van der Waals surface area contributed by atoms with Gasteiger partial charge in [-0.15, -0.1) is 0 Å². The summed E-state index contributed by atoms with van der Waals surface area (Å²) < 4.78 is 5.12. The Kier molecular flexibility index (Phi) is 3.58. The molecule has 74 valence electrons. The molecule has 1 rings (SSSR count). The van der Waals surface area contributed by atoms with Crippen molar-refractivity contribution in [3.05, 3.63) is 34.1 Å². The Morgan fingerprint density at radius 2 is 2.50 bits per heavy atom. The number of hydrogen-bond acceptors (Lipinski definition) is 3. The fourth-order valence-corrected chi connectivity index (χ4v) is 0.934. The topological polar surface area (TPSA) is 91.0 Å². The monoisotopic (exact) mass is 194 g/mol. The lowest BCUT2D eigenvalue weighted by atomic mass is 10.4. The van der Waals surface area contributed by atoms with Gasteiger partial charge < -0.3 is 9.73 Å². The Balaban J connectivity index is 2.67. The standard InChI is InChI=1S/C8H10N4O2/c1-2-10-8(13)7-4-3-6(14-7)5-11-12-9/h3-4H,2,5H2,1H3,(H,10,13). The number of hydrogen-bond donors (Lipinski definition) is 1. The van der Waals surface area contributed by atoms with Gasteiger partial charge in [-0.2, -0.15) is 0 Å². The lowest BCUT2D eigenvalue weighted by molar-refractivity contribution is 0.0926. The second-order valence-electron chi connectivity index (χ2n) is 2.51. The second kappa shape index (κ2) is 4.94. The van der Waals surface area contributed by atoms with E-state index in [1.54, 1.807) is 12.1 Å². The molecule has 6 nitrogen and oxygen atoms in total. The van der Waals surface area contributed by atoms with Crippen LogP contribution >= 0.6 is 0 Å². The number of carbonyl (C=O) groups is 1. The first-order chi connectivity index (χ1) is 6.77. The van der Waals surface area contributed by atoms with Crippen molar-refractivity contribution in [2.24, 2.45) is 5.11 Å². The fraction of sp³-hybridized carbons (Fsp3) is 0.375. The lowest BCUT2D eigenvalue weighted by Crippen LogP contribution is -2.21. The van der Waals surface area contributed by atoms with Crippen LogP contribution in [0.4, 0.5) is 0 Å². The van der Waals surface area contributed by atoms with E-state index in [2.05, 4.69) is 15.3 Å². The second-order valence-corrected chi connectivity index (χ2v) is 2.51. The van der Waals surface area contributed by atoms with Gasteiger partial charge >= 0.3 is 0 Å². The van der Waals surface area contributed by atoms with Gasteiger partial charge in [0.15, 0.2) is 5.76 Å². The summed E-state index contributed by atoms with van der Waals surface area (Å²) in [7, 11) is 0. The van der Waals surface area contributed by atoms with Crippen LogP contribution in [-0.4, -0.2) is 12.5 Å². The normalized spacial score (nSPS) is 9.21. The highest BCUT2D eigenvalue weighted by molar-refractivity contribution is 5.91. The minimum atomic E-state index is -0.264. The van der Waals surface area contributed by atoms with Gasteiger partial charge in [0.1, 0.15) is 5.76 Å². The molecule has 0 aliphatic carbocycles. The van der Waals surface area contributed by atoms with Crippen LogP contribution in [0, 0.1) is 0 Å². The summed E-state index contributed by atoms with van der Waals surface area (Å²) in [6.45, 7) is 2.49. The van der Waals surface area contributed by atoms with Gasteiger partial charge in [0.25, 0.3) is 5.91 Å². The van der Waals surface area contributed by atoms with Crippen LogP contribution in [0.5, 0.6) is 0 Å². The molecule has 1 N–H and O–H groups in total. The largest absolute Gasteiger partial charge is 0.456 e. The third-order valence-electron chi connectivity index (χ3n) is 1.51. The number of azide groups is 1. The van der Waals surface area contributed by atoms with Crippen molar-refractivity contribution in [2.75, 3.05) is 6.54 Å². The highest BCUT2D eigenvalue weighted by Crippen LogP contribution is 2.08. The van der Waals surface area contributed by atoms with Gasteiger partial charge in [0.2, 0.25) is 0 Å². The summed E-state index contributed by atoms with van der Waals surface area (Å²) in [6, 6.07) is 3.16. The fourth-order valence-electron chi connectivity index (χ4n) is 0.934. The zero-order valence-electron chi connectivity index (χ0n) is 7.73. The molecule has 0 atom stereocenters. The van der Waals surface area contributed by atoms with Crippen molar-refractivity contribution < 1.29 is 9.21 Å². The maximum absolute atomic E-state index is 11.2. The molecule has 1 heterocycles. The van der Waals surface area contributed by atoms with Crippen molar-refractivity contribution in [3.8, 4) is 0 Å². The first-order valence-electron chi connectivity index (χ1n) is 4.15. The maximum atomic E-state index is 11.2. The van der Waals surface area contributed by atoms with E-state index in [1.807, 2.05) is 6.92 Å². The van der Waals surface area contributed by atoms with Crippen molar-refractivity contribution in [1.82, 2.24) is 5.32 Å². The number of amides is 1. The zero-order chi connectivity index (χ0) is 10.4. The van der Waals surface area contributed by atoms with Gasteiger partial charge in [-0.1, -0.05) is 5.11 Å². The van der Waals surface area contributed by atoms with E-state index >= 15 is 0 Å². The molecule has 0 spiro atoms. The van der Waals surface area contributed by atoms with Crippen molar-refractivity contribution >= 4 is 5.91 Å². The molecule has 0 aromatic carbocycles. The number of nitrogens with zero attached hydrogens (tertiary/aromatic N) is 3. The molecule has 0 aliphatic rings. The molecule has 0 fully saturated rings. The Morgan fingerprint density at radius 3 is 3.14 bits per heavy atom. The first-order valence-corrected chi connectivity index (χ1v) is 4.15. The van der Waals surface area contributed by atoms with Crippen molar-refractivity contribution in [3.63, 3.8) is 0 Å². The van der Waals surface area contributed by atoms with Crippen molar-refractivity contribution in [2.45, 2.75) is 13.5 Å². The Labute approximate surface area is 80.5 Å². The van der Waals surface area contributed by atoms with E-state index < -0.39 is 0 Å². The molecule has 1 aromatic rings. The van der Waals surface area contributed by atoms with Gasteiger partial charge in [0.05, 0.1) is 6.54 Å². The minimum Gasteiger partial charge on any atom is -0.456 e. The van der Waals surface area contributed by atoms with Gasteiger partial charge in [-0.3, -0.25) is 4.79 Å².